The number of nitrogens with one attached hydrogen (secondary N) is 1. The molecule has 0 unspecified atom stereocenters. The van der Waals surface area contributed by atoms with E-state index in [1.54, 1.807) is 42.0 Å². The highest BCUT2D eigenvalue weighted by Gasteiger charge is 2.26. The number of rotatable bonds is 9. The van der Waals surface area contributed by atoms with E-state index in [0.717, 1.165) is 36.9 Å². The van der Waals surface area contributed by atoms with E-state index in [1.807, 2.05) is 36.4 Å². The fourth-order valence-electron chi connectivity index (χ4n) is 4.28. The van der Waals surface area contributed by atoms with Crippen LogP contribution < -0.4 is 10.1 Å². The number of ether oxygens (including phenoxy) is 1. The Kier molecular flexibility index (Phi) is 8.15. The molecule has 1 saturated heterocycles. The molecule has 4 rings (SSSR count). The molecular weight excluding hydrogens is 462 g/mol. The van der Waals surface area contributed by atoms with Crippen molar-refractivity contribution in [2.75, 3.05) is 25.5 Å². The quantitative estimate of drug-likeness (QED) is 0.477. The van der Waals surface area contributed by atoms with E-state index in [2.05, 4.69) is 10.3 Å². The molecule has 1 aromatic heterocycles. The lowest BCUT2D eigenvalue weighted by atomic mass is 10.1. The van der Waals surface area contributed by atoms with Crippen molar-refractivity contribution in [3.05, 3.63) is 83.7 Å². The van der Waals surface area contributed by atoms with Crippen molar-refractivity contribution < 1.29 is 17.9 Å². The number of piperidine rings is 1. The Morgan fingerprint density at radius 3 is 2.34 bits per heavy atom. The number of hydrogen-bond donors (Lipinski definition) is 1. The standard InChI is InChI=1S/C27H31N3O4S/c1-34-26-11-10-25(35(32,33)30-17-3-2-4-18-30)20-23(26)7-12-27(31)29-24-8-5-21(6-9-24)19-22-13-15-28-16-14-22/h5-6,8-11,13-16,20H,2-4,7,12,17-19H2,1H3,(H,29,31). The molecule has 1 N–H and O–H groups in total. The summed E-state index contributed by atoms with van der Waals surface area (Å²) in [5.74, 6) is 0.439. The van der Waals surface area contributed by atoms with Gasteiger partial charge in [-0.25, -0.2) is 8.42 Å². The summed E-state index contributed by atoms with van der Waals surface area (Å²) in [6, 6.07) is 16.6. The zero-order valence-corrected chi connectivity index (χ0v) is 20.8. The van der Waals surface area contributed by atoms with E-state index >= 15 is 0 Å². The normalized spacial score (nSPS) is 14.4. The van der Waals surface area contributed by atoms with Crippen molar-refractivity contribution in [2.45, 2.75) is 43.4 Å². The van der Waals surface area contributed by atoms with Crippen LogP contribution >= 0.6 is 0 Å². The van der Waals surface area contributed by atoms with Crippen molar-refractivity contribution in [3.63, 3.8) is 0 Å². The summed E-state index contributed by atoms with van der Waals surface area (Å²) in [6.45, 7) is 1.10. The van der Waals surface area contributed by atoms with Crippen molar-refractivity contribution in [1.29, 1.82) is 0 Å². The van der Waals surface area contributed by atoms with E-state index in [9.17, 15) is 13.2 Å². The number of hydrogen-bond acceptors (Lipinski definition) is 5. The van der Waals surface area contributed by atoms with Crippen molar-refractivity contribution in [3.8, 4) is 5.75 Å². The van der Waals surface area contributed by atoms with Gasteiger partial charge in [-0.3, -0.25) is 9.78 Å². The van der Waals surface area contributed by atoms with Crippen LogP contribution in [0.3, 0.4) is 0 Å². The molecule has 0 radical (unpaired) electrons. The van der Waals surface area contributed by atoms with E-state index in [-0.39, 0.29) is 17.2 Å². The van der Waals surface area contributed by atoms with Crippen LogP contribution in [0.15, 0.2) is 71.9 Å². The van der Waals surface area contributed by atoms with Crippen molar-refractivity contribution in [2.24, 2.45) is 0 Å². The third kappa shape index (κ3) is 6.46. The third-order valence-electron chi connectivity index (χ3n) is 6.22. The van der Waals surface area contributed by atoms with Gasteiger partial charge in [-0.2, -0.15) is 4.31 Å². The highest BCUT2D eigenvalue weighted by Crippen LogP contribution is 2.27. The monoisotopic (exact) mass is 493 g/mol. The van der Waals surface area contributed by atoms with Crippen LogP contribution in [0.1, 0.15) is 42.4 Å². The van der Waals surface area contributed by atoms with Gasteiger partial charge in [0.15, 0.2) is 0 Å². The van der Waals surface area contributed by atoms with E-state index in [4.69, 9.17) is 4.74 Å². The summed E-state index contributed by atoms with van der Waals surface area (Å²) >= 11 is 0. The predicted octanol–water partition coefficient (Wildman–Crippen LogP) is 4.43. The predicted molar refractivity (Wildman–Crippen MR) is 136 cm³/mol. The Morgan fingerprint density at radius 2 is 1.66 bits per heavy atom. The fraction of sp³-hybridized carbons (Fsp3) is 0.333. The Bertz CT molecular complexity index is 1240. The average Bonchev–Trinajstić information content (AvgIpc) is 2.89. The van der Waals surface area contributed by atoms with E-state index < -0.39 is 10.0 Å². The molecule has 0 spiro atoms. The lowest BCUT2D eigenvalue weighted by molar-refractivity contribution is -0.116. The first kappa shape index (κ1) is 24.9. The topological polar surface area (TPSA) is 88.6 Å². The SMILES string of the molecule is COc1ccc(S(=O)(=O)N2CCCCC2)cc1CCC(=O)Nc1ccc(Cc2ccncc2)cc1. The zero-order valence-electron chi connectivity index (χ0n) is 19.9. The average molecular weight is 494 g/mol. The highest BCUT2D eigenvalue weighted by atomic mass is 32.2. The van der Waals surface area contributed by atoms with Gasteiger partial charge in [0.1, 0.15) is 5.75 Å². The molecule has 0 aliphatic carbocycles. The minimum absolute atomic E-state index is 0.141. The van der Waals surface area contributed by atoms with Crippen LogP contribution in [0.25, 0.3) is 0 Å². The number of amides is 1. The number of benzene rings is 2. The van der Waals surface area contributed by atoms with Crippen LogP contribution in [0.5, 0.6) is 5.75 Å². The Morgan fingerprint density at radius 1 is 0.971 bits per heavy atom. The van der Waals surface area contributed by atoms with Gasteiger partial charge in [0.05, 0.1) is 12.0 Å². The molecule has 8 heteroatoms. The van der Waals surface area contributed by atoms with Gasteiger partial charge < -0.3 is 10.1 Å². The molecular formula is C27H31N3O4S. The molecule has 1 amide bonds. The third-order valence-corrected chi connectivity index (χ3v) is 8.12. The molecule has 1 aliphatic heterocycles. The Hall–Kier alpha value is -3.23. The highest BCUT2D eigenvalue weighted by molar-refractivity contribution is 7.89. The molecule has 0 saturated carbocycles. The van der Waals surface area contributed by atoms with Gasteiger partial charge >= 0.3 is 0 Å². The second-order valence-electron chi connectivity index (χ2n) is 8.72. The maximum absolute atomic E-state index is 13.1. The fourth-order valence-corrected chi connectivity index (χ4v) is 5.85. The Balaban J connectivity index is 1.37. The largest absolute Gasteiger partial charge is 0.496 e. The number of aromatic nitrogens is 1. The number of nitrogens with zero attached hydrogens (tertiary/aromatic N) is 2. The summed E-state index contributed by atoms with van der Waals surface area (Å²) in [7, 11) is -2.00. The lowest BCUT2D eigenvalue weighted by Gasteiger charge is -2.26. The molecule has 3 aromatic rings. The smallest absolute Gasteiger partial charge is 0.243 e. The number of anilines is 1. The number of pyridine rings is 1. The molecule has 7 nitrogen and oxygen atoms in total. The molecule has 184 valence electrons. The molecule has 0 bridgehead atoms. The number of carbonyl (C=O) groups is 1. The molecule has 2 aromatic carbocycles. The van der Waals surface area contributed by atoms with Crippen LogP contribution in [0.2, 0.25) is 0 Å². The lowest BCUT2D eigenvalue weighted by Crippen LogP contribution is -2.35. The number of aryl methyl sites for hydroxylation is 1. The van der Waals surface area contributed by atoms with Gasteiger partial charge in [-0.1, -0.05) is 18.6 Å². The molecule has 1 fully saturated rings. The second-order valence-corrected chi connectivity index (χ2v) is 10.7. The van der Waals surface area contributed by atoms with Crippen LogP contribution in [0.4, 0.5) is 5.69 Å². The minimum atomic E-state index is -3.55. The van der Waals surface area contributed by atoms with Crippen LogP contribution in [0, 0.1) is 0 Å². The number of sulfonamides is 1. The van der Waals surface area contributed by atoms with E-state index in [0.29, 0.717) is 30.8 Å². The van der Waals surface area contributed by atoms with Gasteiger partial charge in [0.25, 0.3) is 0 Å². The molecule has 1 aliphatic rings. The summed E-state index contributed by atoms with van der Waals surface area (Å²) in [5, 5.41) is 2.92. The van der Waals surface area contributed by atoms with Gasteiger partial charge in [0, 0.05) is 37.6 Å². The summed E-state index contributed by atoms with van der Waals surface area (Å²) in [6.07, 6.45) is 7.76. The zero-order chi connectivity index (χ0) is 24.7. The van der Waals surface area contributed by atoms with Gasteiger partial charge in [-0.05, 0) is 84.8 Å². The molecule has 35 heavy (non-hydrogen) atoms. The first-order valence-electron chi connectivity index (χ1n) is 11.9. The maximum atomic E-state index is 13.1. The summed E-state index contributed by atoms with van der Waals surface area (Å²) in [5.41, 5.74) is 3.75. The number of carbonyl (C=O) groups excluding carboxylic acids is 1. The first-order valence-corrected chi connectivity index (χ1v) is 13.3. The minimum Gasteiger partial charge on any atom is -0.496 e. The van der Waals surface area contributed by atoms with Crippen molar-refractivity contribution in [1.82, 2.24) is 9.29 Å². The number of methoxy groups -OCH3 is 1. The van der Waals surface area contributed by atoms with E-state index in [1.165, 1.54) is 5.56 Å². The first-order chi connectivity index (χ1) is 17.0. The summed E-state index contributed by atoms with van der Waals surface area (Å²) < 4.78 is 33.1. The second kappa shape index (κ2) is 11.5. The van der Waals surface area contributed by atoms with Crippen molar-refractivity contribution >= 4 is 21.6 Å². The summed E-state index contributed by atoms with van der Waals surface area (Å²) in [4.78, 5) is 16.9. The Labute approximate surface area is 207 Å². The molecule has 2 heterocycles. The molecule has 0 atom stereocenters. The maximum Gasteiger partial charge on any atom is 0.243 e. The van der Waals surface area contributed by atoms with Gasteiger partial charge in [0.2, 0.25) is 15.9 Å². The van der Waals surface area contributed by atoms with Gasteiger partial charge in [-0.15, -0.1) is 0 Å². The van der Waals surface area contributed by atoms with Crippen LogP contribution in [-0.4, -0.2) is 43.8 Å². The van der Waals surface area contributed by atoms with Crippen LogP contribution in [-0.2, 0) is 27.7 Å².